The summed E-state index contributed by atoms with van der Waals surface area (Å²) in [5.41, 5.74) is 1.31. The van der Waals surface area contributed by atoms with Crippen LogP contribution in [0.1, 0.15) is 13.3 Å². The number of benzene rings is 1. The lowest BCUT2D eigenvalue weighted by molar-refractivity contribution is 0.354. The van der Waals surface area contributed by atoms with Crippen LogP contribution in [0.2, 0.25) is 0 Å². The summed E-state index contributed by atoms with van der Waals surface area (Å²) >= 11 is 0. The summed E-state index contributed by atoms with van der Waals surface area (Å²) in [4.78, 5) is 8.09. The van der Waals surface area contributed by atoms with Crippen LogP contribution in [0.4, 0.5) is 4.39 Å². The molecule has 0 unspecified atom stereocenters. The van der Waals surface area contributed by atoms with Gasteiger partial charge < -0.3 is 4.74 Å². The third kappa shape index (κ3) is 3.78. The van der Waals surface area contributed by atoms with E-state index in [0.29, 0.717) is 17.1 Å². The standard InChI is InChI=1S/C15H13FN2O/c1-2-3-4-8-19-15-10-14(17-11-18-15)12-6-5-7-13(16)9-12/h5-7,9-11H,2,8H2,1H3. The molecule has 4 heteroatoms. The summed E-state index contributed by atoms with van der Waals surface area (Å²) in [6.45, 7) is 2.26. The molecular weight excluding hydrogens is 243 g/mol. The Bertz CT molecular complexity index is 617. The van der Waals surface area contributed by atoms with E-state index < -0.39 is 0 Å². The fraction of sp³-hybridized carbons (Fsp3) is 0.200. The molecule has 0 atom stereocenters. The molecule has 0 aliphatic heterocycles. The molecule has 0 aliphatic carbocycles. The molecule has 0 saturated carbocycles. The Morgan fingerprint density at radius 2 is 2.11 bits per heavy atom. The lowest BCUT2D eigenvalue weighted by Gasteiger charge is -2.04. The van der Waals surface area contributed by atoms with E-state index in [4.69, 9.17) is 4.74 Å². The van der Waals surface area contributed by atoms with Crippen molar-refractivity contribution < 1.29 is 9.13 Å². The molecule has 0 spiro atoms. The van der Waals surface area contributed by atoms with Crippen LogP contribution in [0, 0.1) is 17.7 Å². The third-order valence-corrected chi connectivity index (χ3v) is 2.36. The normalized spacial score (nSPS) is 9.58. The van der Waals surface area contributed by atoms with Crippen molar-refractivity contribution in [2.45, 2.75) is 13.3 Å². The second kappa shape index (κ2) is 6.50. The predicted octanol–water partition coefficient (Wildman–Crippen LogP) is 3.07. The highest BCUT2D eigenvalue weighted by Gasteiger charge is 2.03. The van der Waals surface area contributed by atoms with Crippen LogP contribution in [0.3, 0.4) is 0 Å². The molecule has 0 saturated heterocycles. The molecule has 2 aromatic rings. The van der Waals surface area contributed by atoms with Crippen molar-refractivity contribution in [1.29, 1.82) is 0 Å². The van der Waals surface area contributed by atoms with Gasteiger partial charge in [-0.05, 0) is 12.1 Å². The van der Waals surface area contributed by atoms with Gasteiger partial charge in [0.1, 0.15) is 12.1 Å². The van der Waals surface area contributed by atoms with E-state index in [1.807, 2.05) is 6.92 Å². The maximum Gasteiger partial charge on any atom is 0.217 e. The van der Waals surface area contributed by atoms with Crippen molar-refractivity contribution >= 4 is 0 Å². The zero-order valence-corrected chi connectivity index (χ0v) is 10.6. The quantitative estimate of drug-likeness (QED) is 0.792. The van der Waals surface area contributed by atoms with Crippen molar-refractivity contribution in [3.63, 3.8) is 0 Å². The number of hydrogen-bond donors (Lipinski definition) is 0. The van der Waals surface area contributed by atoms with Gasteiger partial charge in [-0.2, -0.15) is 0 Å². The number of rotatable bonds is 3. The number of hydrogen-bond acceptors (Lipinski definition) is 3. The van der Waals surface area contributed by atoms with Crippen molar-refractivity contribution in [3.8, 4) is 29.0 Å². The summed E-state index contributed by atoms with van der Waals surface area (Å²) in [6.07, 6.45) is 2.19. The van der Waals surface area contributed by atoms with Gasteiger partial charge in [0.15, 0.2) is 6.61 Å². The van der Waals surface area contributed by atoms with Crippen LogP contribution in [0.25, 0.3) is 11.3 Å². The molecule has 96 valence electrons. The van der Waals surface area contributed by atoms with Crippen molar-refractivity contribution in [1.82, 2.24) is 9.97 Å². The maximum atomic E-state index is 13.1. The van der Waals surface area contributed by atoms with Crippen LogP contribution < -0.4 is 4.74 Å². The van der Waals surface area contributed by atoms with Gasteiger partial charge in [-0.25, -0.2) is 14.4 Å². The topological polar surface area (TPSA) is 35.0 Å². The van der Waals surface area contributed by atoms with E-state index in [1.165, 1.54) is 18.5 Å². The van der Waals surface area contributed by atoms with Crippen LogP contribution in [0.5, 0.6) is 5.88 Å². The maximum absolute atomic E-state index is 13.1. The van der Waals surface area contributed by atoms with Gasteiger partial charge in [0.05, 0.1) is 5.69 Å². The molecule has 1 aromatic heterocycles. The van der Waals surface area contributed by atoms with Gasteiger partial charge in [0.2, 0.25) is 5.88 Å². The van der Waals surface area contributed by atoms with Crippen molar-refractivity contribution in [2.75, 3.05) is 6.61 Å². The second-order valence-corrected chi connectivity index (χ2v) is 3.75. The highest BCUT2D eigenvalue weighted by molar-refractivity contribution is 5.59. The molecule has 3 nitrogen and oxygen atoms in total. The molecule has 1 aromatic carbocycles. The smallest absolute Gasteiger partial charge is 0.217 e. The molecule has 0 aliphatic rings. The molecule has 0 radical (unpaired) electrons. The summed E-state index contributed by atoms with van der Waals surface area (Å²) < 4.78 is 18.5. The predicted molar refractivity (Wildman–Crippen MR) is 71.0 cm³/mol. The Balaban J connectivity index is 2.15. The monoisotopic (exact) mass is 256 g/mol. The van der Waals surface area contributed by atoms with Gasteiger partial charge in [-0.3, -0.25) is 0 Å². The average molecular weight is 256 g/mol. The van der Waals surface area contributed by atoms with Crippen molar-refractivity contribution in [3.05, 3.63) is 42.5 Å². The van der Waals surface area contributed by atoms with E-state index in [2.05, 4.69) is 21.8 Å². The second-order valence-electron chi connectivity index (χ2n) is 3.75. The molecule has 0 fully saturated rings. The Hall–Kier alpha value is -2.41. The molecular formula is C15H13FN2O. The van der Waals surface area contributed by atoms with E-state index >= 15 is 0 Å². The molecule has 0 bridgehead atoms. The van der Waals surface area contributed by atoms with E-state index in [1.54, 1.807) is 18.2 Å². The molecule has 1 heterocycles. The highest BCUT2D eigenvalue weighted by Crippen LogP contribution is 2.20. The Morgan fingerprint density at radius 3 is 2.89 bits per heavy atom. The highest BCUT2D eigenvalue weighted by atomic mass is 19.1. The van der Waals surface area contributed by atoms with E-state index in [9.17, 15) is 4.39 Å². The average Bonchev–Trinajstić information content (AvgIpc) is 2.44. The summed E-state index contributed by atoms with van der Waals surface area (Å²) in [5, 5.41) is 0. The number of nitrogens with zero attached hydrogens (tertiary/aromatic N) is 2. The van der Waals surface area contributed by atoms with Crippen LogP contribution >= 0.6 is 0 Å². The first-order valence-corrected chi connectivity index (χ1v) is 5.96. The lowest BCUT2D eigenvalue weighted by Crippen LogP contribution is -1.97. The Morgan fingerprint density at radius 1 is 1.21 bits per heavy atom. The molecule has 0 N–H and O–H groups in total. The SMILES string of the molecule is CCC#CCOc1cc(-c2cccc(F)c2)ncn1. The van der Waals surface area contributed by atoms with Gasteiger partial charge in [-0.1, -0.05) is 25.0 Å². The van der Waals surface area contributed by atoms with Crippen LogP contribution in [0.15, 0.2) is 36.7 Å². The van der Waals surface area contributed by atoms with Gasteiger partial charge >= 0.3 is 0 Å². The molecule has 2 rings (SSSR count). The number of aromatic nitrogens is 2. The summed E-state index contributed by atoms with van der Waals surface area (Å²) in [7, 11) is 0. The van der Waals surface area contributed by atoms with Gasteiger partial charge in [0, 0.05) is 18.1 Å². The minimum absolute atomic E-state index is 0.285. The zero-order valence-electron chi connectivity index (χ0n) is 10.6. The Kier molecular flexibility index (Phi) is 4.46. The first-order valence-electron chi connectivity index (χ1n) is 5.96. The zero-order chi connectivity index (χ0) is 13.5. The number of halogens is 1. The Labute approximate surface area is 111 Å². The van der Waals surface area contributed by atoms with Gasteiger partial charge in [-0.15, -0.1) is 5.92 Å². The van der Waals surface area contributed by atoms with E-state index in [-0.39, 0.29) is 12.4 Å². The van der Waals surface area contributed by atoms with Crippen LogP contribution in [-0.4, -0.2) is 16.6 Å². The summed E-state index contributed by atoms with van der Waals surface area (Å²) in [5.74, 6) is 5.90. The largest absolute Gasteiger partial charge is 0.464 e. The number of ether oxygens (including phenoxy) is 1. The fourth-order valence-electron chi connectivity index (χ4n) is 1.51. The first-order chi connectivity index (χ1) is 9.29. The summed E-state index contributed by atoms with van der Waals surface area (Å²) in [6, 6.07) is 7.90. The third-order valence-electron chi connectivity index (χ3n) is 2.36. The van der Waals surface area contributed by atoms with E-state index in [0.717, 1.165) is 6.42 Å². The van der Waals surface area contributed by atoms with Crippen LogP contribution in [-0.2, 0) is 0 Å². The lowest BCUT2D eigenvalue weighted by atomic mass is 10.1. The van der Waals surface area contributed by atoms with Crippen molar-refractivity contribution in [2.24, 2.45) is 0 Å². The molecule has 0 amide bonds. The fourth-order valence-corrected chi connectivity index (χ4v) is 1.51. The molecule has 19 heavy (non-hydrogen) atoms. The first kappa shape index (κ1) is 13.0. The minimum Gasteiger partial charge on any atom is -0.464 e. The minimum atomic E-state index is -0.299. The van der Waals surface area contributed by atoms with Gasteiger partial charge in [0.25, 0.3) is 0 Å².